The zero-order chi connectivity index (χ0) is 16.7. The van der Waals surface area contributed by atoms with Gasteiger partial charge in [0, 0.05) is 25.3 Å². The van der Waals surface area contributed by atoms with Crippen LogP contribution in [0.3, 0.4) is 0 Å². The maximum Gasteiger partial charge on any atom is 0.329 e. The molecule has 3 aromatic rings. The number of aromatic amines is 2. The molecule has 8 nitrogen and oxygen atoms in total. The number of H-pyrrole nitrogens is 2. The van der Waals surface area contributed by atoms with Gasteiger partial charge in [-0.05, 0) is 30.4 Å². The van der Waals surface area contributed by atoms with Gasteiger partial charge < -0.3 is 9.88 Å². The SMILES string of the molecule is O=C(c1ccn[nH]1)N1CCC(n2c(=O)[nH]c3ccsc3c2=O)CC1. The largest absolute Gasteiger partial charge is 0.337 e. The molecule has 24 heavy (non-hydrogen) atoms. The van der Waals surface area contributed by atoms with Gasteiger partial charge in [0.15, 0.2) is 0 Å². The van der Waals surface area contributed by atoms with E-state index >= 15 is 0 Å². The predicted octanol–water partition coefficient (Wildman–Crippen LogP) is 0.952. The Morgan fingerprint density at radius 1 is 1.25 bits per heavy atom. The van der Waals surface area contributed by atoms with Crippen molar-refractivity contribution in [2.45, 2.75) is 18.9 Å². The zero-order valence-corrected chi connectivity index (χ0v) is 13.5. The van der Waals surface area contributed by atoms with Crippen LogP contribution in [0.4, 0.5) is 0 Å². The molecular formula is C15H15N5O3S. The number of amides is 1. The van der Waals surface area contributed by atoms with Gasteiger partial charge in [-0.2, -0.15) is 5.10 Å². The minimum atomic E-state index is -0.385. The van der Waals surface area contributed by atoms with E-state index in [9.17, 15) is 14.4 Å². The Kier molecular flexibility index (Phi) is 3.57. The first-order valence-electron chi connectivity index (χ1n) is 7.66. The lowest BCUT2D eigenvalue weighted by Gasteiger charge is -2.32. The van der Waals surface area contributed by atoms with Crippen LogP contribution in [0.25, 0.3) is 10.2 Å². The fraction of sp³-hybridized carbons (Fsp3) is 0.333. The van der Waals surface area contributed by atoms with Gasteiger partial charge in [-0.25, -0.2) is 4.79 Å². The predicted molar refractivity (Wildman–Crippen MR) is 89.5 cm³/mol. The molecule has 1 aliphatic rings. The summed E-state index contributed by atoms with van der Waals surface area (Å²) >= 11 is 1.33. The van der Waals surface area contributed by atoms with Crippen molar-refractivity contribution in [2.24, 2.45) is 0 Å². The Morgan fingerprint density at radius 3 is 2.75 bits per heavy atom. The smallest absolute Gasteiger partial charge is 0.329 e. The monoisotopic (exact) mass is 345 g/mol. The number of likely N-dealkylation sites (tertiary alicyclic amines) is 1. The van der Waals surface area contributed by atoms with E-state index < -0.39 is 0 Å². The van der Waals surface area contributed by atoms with Crippen LogP contribution >= 0.6 is 11.3 Å². The highest BCUT2D eigenvalue weighted by Crippen LogP contribution is 2.22. The average Bonchev–Trinajstić information content (AvgIpc) is 3.26. The summed E-state index contributed by atoms with van der Waals surface area (Å²) in [6.45, 7) is 0.994. The van der Waals surface area contributed by atoms with Gasteiger partial charge in [0.25, 0.3) is 11.5 Å². The van der Waals surface area contributed by atoms with Crippen LogP contribution < -0.4 is 11.2 Å². The van der Waals surface area contributed by atoms with E-state index in [0.717, 1.165) is 0 Å². The van der Waals surface area contributed by atoms with Crippen LogP contribution in [-0.4, -0.2) is 43.6 Å². The molecule has 0 aromatic carbocycles. The molecular weight excluding hydrogens is 330 g/mol. The van der Waals surface area contributed by atoms with Gasteiger partial charge >= 0.3 is 5.69 Å². The molecule has 0 unspecified atom stereocenters. The van der Waals surface area contributed by atoms with Crippen molar-refractivity contribution < 1.29 is 4.79 Å². The molecule has 4 heterocycles. The summed E-state index contributed by atoms with van der Waals surface area (Å²) in [5.74, 6) is -0.110. The Bertz CT molecular complexity index is 992. The zero-order valence-electron chi connectivity index (χ0n) is 12.7. The first-order chi connectivity index (χ1) is 11.6. The third-order valence-electron chi connectivity index (χ3n) is 4.39. The number of aromatic nitrogens is 4. The number of carbonyl (C=O) groups is 1. The van der Waals surface area contributed by atoms with Gasteiger partial charge in [0.05, 0.1) is 5.52 Å². The molecule has 0 bridgehead atoms. The van der Waals surface area contributed by atoms with Gasteiger partial charge in [-0.3, -0.25) is 19.3 Å². The van der Waals surface area contributed by atoms with E-state index in [4.69, 9.17) is 0 Å². The van der Waals surface area contributed by atoms with Crippen molar-refractivity contribution in [2.75, 3.05) is 13.1 Å². The molecule has 1 amide bonds. The molecule has 4 rings (SSSR count). The molecule has 9 heteroatoms. The van der Waals surface area contributed by atoms with Crippen LogP contribution in [0.15, 0.2) is 33.3 Å². The van der Waals surface area contributed by atoms with E-state index in [0.29, 0.717) is 41.8 Å². The number of nitrogens with one attached hydrogen (secondary N) is 2. The molecule has 0 atom stereocenters. The molecule has 0 aliphatic carbocycles. The second kappa shape index (κ2) is 5.75. The van der Waals surface area contributed by atoms with Crippen LogP contribution in [0.5, 0.6) is 0 Å². The van der Waals surface area contributed by atoms with Gasteiger partial charge in [0.2, 0.25) is 0 Å². The molecule has 1 fully saturated rings. The van der Waals surface area contributed by atoms with E-state index in [2.05, 4.69) is 15.2 Å². The van der Waals surface area contributed by atoms with Crippen LogP contribution in [-0.2, 0) is 0 Å². The number of hydrogen-bond acceptors (Lipinski definition) is 5. The van der Waals surface area contributed by atoms with E-state index in [1.165, 1.54) is 22.1 Å². The molecule has 124 valence electrons. The summed E-state index contributed by atoms with van der Waals surface area (Å²) in [7, 11) is 0. The van der Waals surface area contributed by atoms with Crippen molar-refractivity contribution in [3.63, 3.8) is 0 Å². The van der Waals surface area contributed by atoms with E-state index in [1.807, 2.05) is 0 Å². The maximum absolute atomic E-state index is 12.6. The van der Waals surface area contributed by atoms with Crippen molar-refractivity contribution in [1.29, 1.82) is 0 Å². The summed E-state index contributed by atoms with van der Waals surface area (Å²) in [6, 6.07) is 3.17. The summed E-state index contributed by atoms with van der Waals surface area (Å²) in [5.41, 5.74) is 0.396. The molecule has 0 spiro atoms. The second-order valence-electron chi connectivity index (χ2n) is 5.76. The van der Waals surface area contributed by atoms with Crippen molar-refractivity contribution in [3.8, 4) is 0 Å². The molecule has 1 aliphatic heterocycles. The Hall–Kier alpha value is -2.68. The lowest BCUT2D eigenvalue weighted by atomic mass is 10.0. The van der Waals surface area contributed by atoms with E-state index in [-0.39, 0.29) is 23.2 Å². The quantitative estimate of drug-likeness (QED) is 0.721. The minimum absolute atomic E-state index is 0.110. The van der Waals surface area contributed by atoms with Crippen molar-refractivity contribution >= 4 is 27.5 Å². The normalized spacial score (nSPS) is 15.9. The Morgan fingerprint density at radius 2 is 2.04 bits per heavy atom. The Labute approximate surface area is 139 Å². The van der Waals surface area contributed by atoms with E-state index in [1.54, 1.807) is 22.4 Å². The third-order valence-corrected chi connectivity index (χ3v) is 5.29. The summed E-state index contributed by atoms with van der Waals surface area (Å²) in [5, 5.41) is 8.24. The number of fused-ring (bicyclic) bond motifs is 1. The lowest BCUT2D eigenvalue weighted by molar-refractivity contribution is 0.0686. The van der Waals surface area contributed by atoms with Crippen molar-refractivity contribution in [3.05, 3.63) is 50.2 Å². The number of hydrogen-bond donors (Lipinski definition) is 2. The summed E-state index contributed by atoms with van der Waals surface area (Å²) in [4.78, 5) is 41.6. The minimum Gasteiger partial charge on any atom is -0.337 e. The number of thiophene rings is 1. The fourth-order valence-electron chi connectivity index (χ4n) is 3.15. The summed E-state index contributed by atoms with van der Waals surface area (Å²) in [6.07, 6.45) is 2.68. The topological polar surface area (TPSA) is 104 Å². The van der Waals surface area contributed by atoms with Crippen LogP contribution in [0, 0.1) is 0 Å². The molecule has 0 saturated carbocycles. The fourth-order valence-corrected chi connectivity index (χ4v) is 3.94. The Balaban J connectivity index is 1.57. The van der Waals surface area contributed by atoms with Gasteiger partial charge in [-0.15, -0.1) is 11.3 Å². The summed E-state index contributed by atoms with van der Waals surface area (Å²) < 4.78 is 1.86. The van der Waals surface area contributed by atoms with Gasteiger partial charge in [0.1, 0.15) is 10.4 Å². The maximum atomic E-state index is 12.6. The van der Waals surface area contributed by atoms with Crippen LogP contribution in [0.2, 0.25) is 0 Å². The third kappa shape index (κ3) is 2.37. The number of rotatable bonds is 2. The number of carbonyl (C=O) groups excluding carboxylic acids is 1. The lowest BCUT2D eigenvalue weighted by Crippen LogP contribution is -2.44. The molecule has 1 saturated heterocycles. The highest BCUT2D eigenvalue weighted by molar-refractivity contribution is 7.17. The molecule has 0 radical (unpaired) electrons. The van der Waals surface area contributed by atoms with Crippen molar-refractivity contribution in [1.82, 2.24) is 24.6 Å². The van der Waals surface area contributed by atoms with Gasteiger partial charge in [-0.1, -0.05) is 0 Å². The highest BCUT2D eigenvalue weighted by Gasteiger charge is 2.27. The first-order valence-corrected chi connectivity index (χ1v) is 8.54. The number of piperidine rings is 1. The number of nitrogens with zero attached hydrogens (tertiary/aromatic N) is 3. The second-order valence-corrected chi connectivity index (χ2v) is 6.68. The van der Waals surface area contributed by atoms with Crippen LogP contribution in [0.1, 0.15) is 29.4 Å². The highest BCUT2D eigenvalue weighted by atomic mass is 32.1. The average molecular weight is 345 g/mol. The molecule has 3 aromatic heterocycles. The molecule has 2 N–H and O–H groups in total. The standard InChI is InChI=1S/C15H15N5O3S/c21-13(11-1-5-16-18-11)19-6-2-9(3-7-19)20-14(22)12-10(4-8-24-12)17-15(20)23/h1,4-5,8-9H,2-3,6-7H2,(H,16,18)(H,17,23). The first kappa shape index (κ1) is 14.9.